The quantitative estimate of drug-likeness (QED) is 0.453. The van der Waals surface area contributed by atoms with Gasteiger partial charge in [-0.1, -0.05) is 18.2 Å². The highest BCUT2D eigenvalue weighted by molar-refractivity contribution is 5.87. The van der Waals surface area contributed by atoms with Crippen LogP contribution in [-0.2, 0) is 6.42 Å². The molecule has 0 N–H and O–H groups in total. The molecule has 3 heterocycles. The van der Waals surface area contributed by atoms with Crippen LogP contribution in [0.3, 0.4) is 0 Å². The number of nitriles is 1. The van der Waals surface area contributed by atoms with Crippen molar-refractivity contribution in [2.24, 2.45) is 5.92 Å². The Labute approximate surface area is 173 Å². The van der Waals surface area contributed by atoms with Gasteiger partial charge in [0.2, 0.25) is 0 Å². The van der Waals surface area contributed by atoms with Gasteiger partial charge in [0, 0.05) is 29.1 Å². The summed E-state index contributed by atoms with van der Waals surface area (Å²) in [6, 6.07) is 15.4. The first-order valence-corrected chi connectivity index (χ1v) is 10.0. The van der Waals surface area contributed by atoms with Gasteiger partial charge in [0.15, 0.2) is 11.7 Å². The van der Waals surface area contributed by atoms with E-state index < -0.39 is 6.17 Å². The zero-order valence-electron chi connectivity index (χ0n) is 16.3. The maximum Gasteiger partial charge on any atom is 0.195 e. The first-order chi connectivity index (χ1) is 14.7. The maximum atomic E-state index is 13.5. The Morgan fingerprint density at radius 3 is 2.90 bits per heavy atom. The van der Waals surface area contributed by atoms with Crippen LogP contribution in [0.5, 0.6) is 0 Å². The van der Waals surface area contributed by atoms with Crippen molar-refractivity contribution in [1.82, 2.24) is 15.0 Å². The molecule has 6 heteroatoms. The fourth-order valence-corrected chi connectivity index (χ4v) is 4.13. The predicted octanol–water partition coefficient (Wildman–Crippen LogP) is 5.50. The first-order valence-electron chi connectivity index (χ1n) is 10.0. The number of rotatable bonds is 4. The number of oxazole rings is 1. The molecule has 1 saturated carbocycles. The molecule has 148 valence electrons. The molecule has 0 saturated heterocycles. The molecular formula is C24H19FN4O. The van der Waals surface area contributed by atoms with Crippen molar-refractivity contribution in [2.45, 2.75) is 31.9 Å². The number of hydrogen-bond acceptors (Lipinski definition) is 5. The fraction of sp³-hybridized carbons (Fsp3) is 0.250. The summed E-state index contributed by atoms with van der Waals surface area (Å²) in [5.74, 6) is 1.48. The normalized spacial score (nSPS) is 18.5. The fourth-order valence-electron chi connectivity index (χ4n) is 4.13. The van der Waals surface area contributed by atoms with Crippen molar-refractivity contribution < 1.29 is 8.81 Å². The Morgan fingerprint density at radius 2 is 2.07 bits per heavy atom. The molecule has 0 bridgehead atoms. The monoisotopic (exact) mass is 398 g/mol. The van der Waals surface area contributed by atoms with Crippen LogP contribution in [-0.4, -0.2) is 21.1 Å². The summed E-state index contributed by atoms with van der Waals surface area (Å²) in [7, 11) is 0. The molecule has 1 fully saturated rings. The van der Waals surface area contributed by atoms with Crippen LogP contribution in [0.25, 0.3) is 33.5 Å². The van der Waals surface area contributed by atoms with E-state index >= 15 is 0 Å². The van der Waals surface area contributed by atoms with Crippen LogP contribution in [0.2, 0.25) is 0 Å². The highest BCUT2D eigenvalue weighted by Gasteiger charge is 2.26. The van der Waals surface area contributed by atoms with Gasteiger partial charge < -0.3 is 4.42 Å². The van der Waals surface area contributed by atoms with Gasteiger partial charge in [0.05, 0.1) is 17.4 Å². The third kappa shape index (κ3) is 3.55. The second kappa shape index (κ2) is 7.68. The number of nitrogens with zero attached hydrogens (tertiary/aromatic N) is 4. The molecule has 0 amide bonds. The third-order valence-electron chi connectivity index (χ3n) is 5.65. The lowest BCUT2D eigenvalue weighted by Gasteiger charge is -2.08. The molecule has 0 aliphatic heterocycles. The lowest BCUT2D eigenvalue weighted by molar-refractivity contribution is 0.326. The standard InChI is InChI=1S/C24H19FN4O/c25-18-6-3-15(10-18)11-23-28-14-22(30-23)20-8-7-19(13-26)29-24(20)17-5-4-16-2-1-9-27-21(16)12-17/h1-2,4-5,7-9,12,14-15,18H,3,6,10-11H2/t15-,18+/m1/s1. The molecule has 1 aliphatic carbocycles. The van der Waals surface area contributed by atoms with E-state index in [0.717, 1.165) is 28.5 Å². The molecule has 5 nitrogen and oxygen atoms in total. The smallest absolute Gasteiger partial charge is 0.195 e. The van der Waals surface area contributed by atoms with E-state index in [1.807, 2.05) is 36.4 Å². The van der Waals surface area contributed by atoms with Gasteiger partial charge in [0.1, 0.15) is 17.9 Å². The Balaban J connectivity index is 1.53. The predicted molar refractivity (Wildman–Crippen MR) is 111 cm³/mol. The zero-order chi connectivity index (χ0) is 20.5. The van der Waals surface area contributed by atoms with E-state index in [0.29, 0.717) is 42.3 Å². The van der Waals surface area contributed by atoms with Gasteiger partial charge in [0.25, 0.3) is 0 Å². The SMILES string of the molecule is N#Cc1ccc(-c2cnc(C[C@@H]3CC[C@H](F)C3)o2)c(-c2ccc3cccnc3c2)n1. The van der Waals surface area contributed by atoms with E-state index in [1.54, 1.807) is 18.5 Å². The van der Waals surface area contributed by atoms with Crippen LogP contribution in [0.4, 0.5) is 4.39 Å². The van der Waals surface area contributed by atoms with Gasteiger partial charge in [-0.2, -0.15) is 5.26 Å². The highest BCUT2D eigenvalue weighted by Crippen LogP contribution is 2.34. The number of pyridine rings is 2. The number of hydrogen-bond donors (Lipinski definition) is 0. The third-order valence-corrected chi connectivity index (χ3v) is 5.65. The average Bonchev–Trinajstić information content (AvgIpc) is 3.42. The van der Waals surface area contributed by atoms with Crippen LogP contribution < -0.4 is 0 Å². The van der Waals surface area contributed by atoms with Gasteiger partial charge in [-0.05, 0) is 49.4 Å². The second-order valence-electron chi connectivity index (χ2n) is 7.71. The van der Waals surface area contributed by atoms with Crippen LogP contribution in [0, 0.1) is 17.2 Å². The molecule has 1 aliphatic rings. The summed E-state index contributed by atoms with van der Waals surface area (Å²) >= 11 is 0. The van der Waals surface area contributed by atoms with E-state index in [-0.39, 0.29) is 5.92 Å². The number of fused-ring (bicyclic) bond motifs is 1. The van der Waals surface area contributed by atoms with Crippen molar-refractivity contribution in [2.75, 3.05) is 0 Å². The summed E-state index contributed by atoms with van der Waals surface area (Å²) in [5, 5.41) is 10.4. The minimum Gasteiger partial charge on any atom is -0.441 e. The topological polar surface area (TPSA) is 75.6 Å². The maximum absolute atomic E-state index is 13.5. The Kier molecular flexibility index (Phi) is 4.72. The minimum absolute atomic E-state index is 0.275. The second-order valence-corrected chi connectivity index (χ2v) is 7.71. The average molecular weight is 398 g/mol. The lowest BCUT2D eigenvalue weighted by Crippen LogP contribution is -2.00. The molecule has 4 aromatic rings. The van der Waals surface area contributed by atoms with Crippen molar-refractivity contribution in [3.05, 3.63) is 66.4 Å². The summed E-state index contributed by atoms with van der Waals surface area (Å²) in [6.45, 7) is 0. The van der Waals surface area contributed by atoms with E-state index in [2.05, 4.69) is 21.0 Å². The van der Waals surface area contributed by atoms with Gasteiger partial charge in [-0.15, -0.1) is 0 Å². The number of alkyl halides is 1. The first kappa shape index (κ1) is 18.4. The molecule has 5 rings (SSSR count). The molecule has 0 spiro atoms. The Hall–Kier alpha value is -3.59. The number of benzene rings is 1. The van der Waals surface area contributed by atoms with Crippen molar-refractivity contribution in [3.63, 3.8) is 0 Å². The molecule has 0 unspecified atom stereocenters. The summed E-state index contributed by atoms with van der Waals surface area (Å²) in [6.07, 6.45) is 5.43. The van der Waals surface area contributed by atoms with Crippen LogP contribution >= 0.6 is 0 Å². The molecule has 3 aromatic heterocycles. The van der Waals surface area contributed by atoms with E-state index in [1.165, 1.54) is 0 Å². The van der Waals surface area contributed by atoms with Crippen molar-refractivity contribution >= 4 is 10.9 Å². The zero-order valence-corrected chi connectivity index (χ0v) is 16.3. The summed E-state index contributed by atoms with van der Waals surface area (Å²) < 4.78 is 19.5. The Morgan fingerprint density at radius 1 is 1.13 bits per heavy atom. The highest BCUT2D eigenvalue weighted by atomic mass is 19.1. The molecule has 30 heavy (non-hydrogen) atoms. The van der Waals surface area contributed by atoms with E-state index in [4.69, 9.17) is 4.42 Å². The molecule has 1 aromatic carbocycles. The Bertz CT molecular complexity index is 1260. The molecule has 0 radical (unpaired) electrons. The largest absolute Gasteiger partial charge is 0.441 e. The lowest BCUT2D eigenvalue weighted by atomic mass is 10.0. The van der Waals surface area contributed by atoms with Crippen LogP contribution in [0.15, 0.2) is 59.3 Å². The van der Waals surface area contributed by atoms with Crippen LogP contribution in [0.1, 0.15) is 30.8 Å². The molecular weight excluding hydrogens is 379 g/mol. The van der Waals surface area contributed by atoms with Crippen molar-refractivity contribution in [3.8, 4) is 28.7 Å². The minimum atomic E-state index is -0.708. The van der Waals surface area contributed by atoms with E-state index in [9.17, 15) is 9.65 Å². The summed E-state index contributed by atoms with van der Waals surface area (Å²) in [5.41, 5.74) is 3.44. The van der Waals surface area contributed by atoms with Gasteiger partial charge >= 0.3 is 0 Å². The van der Waals surface area contributed by atoms with Gasteiger partial charge in [-0.3, -0.25) is 4.98 Å². The number of aromatic nitrogens is 3. The van der Waals surface area contributed by atoms with Crippen molar-refractivity contribution in [1.29, 1.82) is 5.26 Å². The van der Waals surface area contributed by atoms with Gasteiger partial charge in [-0.25, -0.2) is 14.4 Å². The number of halogens is 1. The molecule has 2 atom stereocenters. The summed E-state index contributed by atoms with van der Waals surface area (Å²) in [4.78, 5) is 13.4.